The van der Waals surface area contributed by atoms with Crippen molar-refractivity contribution in [2.45, 2.75) is 0 Å². The molecule has 2 aromatic rings. The van der Waals surface area contributed by atoms with Gasteiger partial charge >= 0.3 is 0 Å². The average Bonchev–Trinajstić information content (AvgIpc) is 2.28. The zero-order chi connectivity index (χ0) is 12.4. The van der Waals surface area contributed by atoms with Gasteiger partial charge in [-0.3, -0.25) is 0 Å². The maximum absolute atomic E-state index is 13.2. The van der Waals surface area contributed by atoms with Crippen molar-refractivity contribution in [2.75, 3.05) is 5.73 Å². The summed E-state index contributed by atoms with van der Waals surface area (Å²) >= 11 is 9.00. The summed E-state index contributed by atoms with van der Waals surface area (Å²) in [5.74, 6) is 0.430. The molecule has 0 aliphatic rings. The second-order valence-corrected chi connectivity index (χ2v) is 4.59. The first-order valence-corrected chi connectivity index (χ1v) is 5.91. The molecular weight excluding hydrogens is 308 g/mol. The Balaban J connectivity index is 2.32. The van der Waals surface area contributed by atoms with E-state index in [1.165, 1.54) is 12.1 Å². The van der Waals surface area contributed by atoms with E-state index in [1.807, 2.05) is 0 Å². The zero-order valence-corrected chi connectivity index (χ0v) is 10.9. The Kier molecular flexibility index (Phi) is 3.54. The molecule has 0 unspecified atom stereocenters. The molecule has 88 valence electrons. The standard InChI is InChI=1S/C12H8BrClFNO/c13-12-10(16)5-8(15)6-11(12)17-9-3-1-7(14)2-4-9/h1-6H,16H2. The number of benzene rings is 2. The van der Waals surface area contributed by atoms with Gasteiger partial charge < -0.3 is 10.5 Å². The van der Waals surface area contributed by atoms with Crippen LogP contribution >= 0.6 is 27.5 Å². The molecule has 0 saturated heterocycles. The molecule has 2 N–H and O–H groups in total. The van der Waals surface area contributed by atoms with Crippen molar-refractivity contribution in [1.82, 2.24) is 0 Å². The molecule has 0 amide bonds. The minimum Gasteiger partial charge on any atom is -0.456 e. The predicted molar refractivity (Wildman–Crippen MR) is 70.0 cm³/mol. The van der Waals surface area contributed by atoms with E-state index in [-0.39, 0.29) is 5.69 Å². The summed E-state index contributed by atoms with van der Waals surface area (Å²) in [6, 6.07) is 9.24. The molecule has 0 aliphatic heterocycles. The number of hydrogen-bond donors (Lipinski definition) is 1. The minimum absolute atomic E-state index is 0.286. The Morgan fingerprint density at radius 2 is 1.82 bits per heavy atom. The van der Waals surface area contributed by atoms with Crippen LogP contribution in [-0.4, -0.2) is 0 Å². The number of hydrogen-bond acceptors (Lipinski definition) is 2. The maximum Gasteiger partial charge on any atom is 0.146 e. The highest BCUT2D eigenvalue weighted by atomic mass is 79.9. The highest BCUT2D eigenvalue weighted by molar-refractivity contribution is 9.10. The average molecular weight is 317 g/mol. The molecule has 0 aromatic heterocycles. The summed E-state index contributed by atoms with van der Waals surface area (Å²) in [7, 11) is 0. The normalized spacial score (nSPS) is 10.3. The summed E-state index contributed by atoms with van der Waals surface area (Å²) in [5, 5.41) is 0.607. The lowest BCUT2D eigenvalue weighted by molar-refractivity contribution is 0.474. The third kappa shape index (κ3) is 2.90. The molecule has 0 fully saturated rings. The van der Waals surface area contributed by atoms with Crippen molar-refractivity contribution in [3.63, 3.8) is 0 Å². The van der Waals surface area contributed by atoms with Crippen molar-refractivity contribution < 1.29 is 9.13 Å². The van der Waals surface area contributed by atoms with E-state index in [2.05, 4.69) is 15.9 Å². The van der Waals surface area contributed by atoms with Crippen LogP contribution in [0, 0.1) is 5.82 Å². The second-order valence-electron chi connectivity index (χ2n) is 3.36. The lowest BCUT2D eigenvalue weighted by atomic mass is 10.3. The van der Waals surface area contributed by atoms with Gasteiger partial charge in [0.25, 0.3) is 0 Å². The number of halogens is 3. The molecule has 2 aromatic carbocycles. The topological polar surface area (TPSA) is 35.2 Å². The Morgan fingerprint density at radius 1 is 1.18 bits per heavy atom. The van der Waals surface area contributed by atoms with Gasteiger partial charge in [0.05, 0.1) is 10.2 Å². The molecule has 0 spiro atoms. The number of nitrogen functional groups attached to an aromatic ring is 1. The van der Waals surface area contributed by atoms with Crippen molar-refractivity contribution in [3.8, 4) is 11.5 Å². The Bertz CT molecular complexity index is 545. The SMILES string of the molecule is Nc1cc(F)cc(Oc2ccc(Cl)cc2)c1Br. The van der Waals surface area contributed by atoms with Crippen LogP contribution in [0.5, 0.6) is 11.5 Å². The van der Waals surface area contributed by atoms with E-state index in [1.54, 1.807) is 24.3 Å². The third-order valence-electron chi connectivity index (χ3n) is 2.07. The largest absolute Gasteiger partial charge is 0.456 e. The highest BCUT2D eigenvalue weighted by Gasteiger charge is 2.08. The van der Waals surface area contributed by atoms with Crippen LogP contribution in [0.25, 0.3) is 0 Å². The molecule has 0 atom stereocenters. The third-order valence-corrected chi connectivity index (χ3v) is 3.17. The number of anilines is 1. The minimum atomic E-state index is -0.449. The van der Waals surface area contributed by atoms with Crippen LogP contribution in [0.3, 0.4) is 0 Å². The molecule has 0 bridgehead atoms. The van der Waals surface area contributed by atoms with Crippen LogP contribution < -0.4 is 10.5 Å². The number of rotatable bonds is 2. The lowest BCUT2D eigenvalue weighted by Crippen LogP contribution is -1.93. The van der Waals surface area contributed by atoms with Crippen molar-refractivity contribution in [2.24, 2.45) is 0 Å². The fraction of sp³-hybridized carbons (Fsp3) is 0. The van der Waals surface area contributed by atoms with Gasteiger partial charge in [-0.1, -0.05) is 11.6 Å². The maximum atomic E-state index is 13.2. The van der Waals surface area contributed by atoms with Gasteiger partial charge in [0.1, 0.15) is 17.3 Å². The van der Waals surface area contributed by atoms with Crippen molar-refractivity contribution >= 4 is 33.2 Å². The molecular formula is C12H8BrClFNO. The quantitative estimate of drug-likeness (QED) is 0.821. The molecule has 0 saturated carbocycles. The van der Waals surface area contributed by atoms with Gasteiger partial charge in [-0.15, -0.1) is 0 Å². The number of ether oxygens (including phenoxy) is 1. The van der Waals surface area contributed by atoms with E-state index in [0.717, 1.165) is 0 Å². The van der Waals surface area contributed by atoms with E-state index in [9.17, 15) is 4.39 Å². The van der Waals surface area contributed by atoms with E-state index in [0.29, 0.717) is 21.0 Å². The van der Waals surface area contributed by atoms with Gasteiger partial charge in [-0.2, -0.15) is 0 Å². The van der Waals surface area contributed by atoms with Crippen LogP contribution in [0.2, 0.25) is 5.02 Å². The molecule has 5 heteroatoms. The van der Waals surface area contributed by atoms with Crippen molar-refractivity contribution in [3.05, 3.63) is 51.7 Å². The predicted octanol–water partition coefficient (Wildman–Crippen LogP) is 4.62. The first-order chi connectivity index (χ1) is 8.06. The monoisotopic (exact) mass is 315 g/mol. The summed E-state index contributed by atoms with van der Waals surface area (Å²) < 4.78 is 19.2. The first kappa shape index (κ1) is 12.2. The molecule has 2 rings (SSSR count). The lowest BCUT2D eigenvalue weighted by Gasteiger charge is -2.09. The van der Waals surface area contributed by atoms with Crippen LogP contribution in [0.15, 0.2) is 40.9 Å². The first-order valence-electron chi connectivity index (χ1n) is 4.74. The summed E-state index contributed by atoms with van der Waals surface area (Å²) in [6.45, 7) is 0. The summed E-state index contributed by atoms with van der Waals surface area (Å²) in [5.41, 5.74) is 5.90. The molecule has 17 heavy (non-hydrogen) atoms. The second kappa shape index (κ2) is 4.94. The fourth-order valence-corrected chi connectivity index (χ4v) is 1.72. The summed E-state index contributed by atoms with van der Waals surface area (Å²) in [4.78, 5) is 0. The van der Waals surface area contributed by atoms with Gasteiger partial charge in [0.15, 0.2) is 0 Å². The van der Waals surface area contributed by atoms with Crippen LogP contribution in [0.4, 0.5) is 10.1 Å². The molecule has 0 radical (unpaired) electrons. The molecule has 2 nitrogen and oxygen atoms in total. The van der Waals surface area contributed by atoms with Gasteiger partial charge in [-0.05, 0) is 46.3 Å². The van der Waals surface area contributed by atoms with Gasteiger partial charge in [0.2, 0.25) is 0 Å². The summed E-state index contributed by atoms with van der Waals surface area (Å²) in [6.07, 6.45) is 0. The van der Waals surface area contributed by atoms with Crippen LogP contribution in [-0.2, 0) is 0 Å². The fourth-order valence-electron chi connectivity index (χ4n) is 1.29. The van der Waals surface area contributed by atoms with E-state index in [4.69, 9.17) is 22.1 Å². The van der Waals surface area contributed by atoms with Gasteiger partial charge in [-0.25, -0.2) is 4.39 Å². The van der Waals surface area contributed by atoms with E-state index < -0.39 is 5.82 Å². The Morgan fingerprint density at radius 3 is 2.47 bits per heavy atom. The smallest absolute Gasteiger partial charge is 0.146 e. The molecule has 0 heterocycles. The van der Waals surface area contributed by atoms with Crippen molar-refractivity contribution in [1.29, 1.82) is 0 Å². The van der Waals surface area contributed by atoms with E-state index >= 15 is 0 Å². The highest BCUT2D eigenvalue weighted by Crippen LogP contribution is 2.35. The van der Waals surface area contributed by atoms with Gasteiger partial charge in [0, 0.05) is 11.1 Å². The Hall–Kier alpha value is -1.26. The number of nitrogens with two attached hydrogens (primary N) is 1. The Labute approximate surface area is 111 Å². The molecule has 0 aliphatic carbocycles. The zero-order valence-electron chi connectivity index (χ0n) is 8.58. The van der Waals surface area contributed by atoms with Crippen LogP contribution in [0.1, 0.15) is 0 Å².